The van der Waals surface area contributed by atoms with E-state index < -0.39 is 29.5 Å². The van der Waals surface area contributed by atoms with Crippen LogP contribution in [0.15, 0.2) is 72.8 Å². The molecule has 0 radical (unpaired) electrons. The number of carbonyl (C=O) groups excluding carboxylic acids is 2. The molecule has 0 fully saturated rings. The first kappa shape index (κ1) is 31.8. The van der Waals surface area contributed by atoms with Crippen LogP contribution in [0.1, 0.15) is 65.1 Å². The first-order valence-electron chi connectivity index (χ1n) is 13.9. The van der Waals surface area contributed by atoms with Gasteiger partial charge in [0.15, 0.2) is 5.78 Å². The number of nitrogens with zero attached hydrogens (tertiary/aromatic N) is 1. The van der Waals surface area contributed by atoms with Crippen LogP contribution in [-0.4, -0.2) is 33.9 Å². The Bertz CT molecular complexity index is 1630. The van der Waals surface area contributed by atoms with Crippen molar-refractivity contribution in [1.29, 1.82) is 0 Å². The monoisotopic (exact) mass is 612 g/mol. The summed E-state index contributed by atoms with van der Waals surface area (Å²) in [7, 11) is 0. The highest BCUT2D eigenvalue weighted by molar-refractivity contribution is 6.31. The molecule has 6 nitrogen and oxygen atoms in total. The number of aliphatic carboxylic acids is 1. The fourth-order valence-electron chi connectivity index (χ4n) is 5.00. The zero-order valence-electron chi connectivity index (χ0n) is 23.7. The molecule has 2 N–H and O–H groups in total. The molecule has 4 aromatic rings. The van der Waals surface area contributed by atoms with E-state index in [1.807, 2.05) is 0 Å². The summed E-state index contributed by atoms with van der Waals surface area (Å²) >= 11 is 6.22. The predicted octanol–water partition coefficient (Wildman–Crippen LogP) is 7.99. The predicted molar refractivity (Wildman–Crippen MR) is 160 cm³/mol. The third-order valence-corrected chi connectivity index (χ3v) is 7.47. The maximum atomic E-state index is 14.3. The summed E-state index contributed by atoms with van der Waals surface area (Å²) in [5, 5.41) is 12.4. The van der Waals surface area contributed by atoms with Gasteiger partial charge in [-0.15, -0.1) is 0 Å². The minimum absolute atomic E-state index is 0.00673. The molecule has 1 atom stereocenters. The maximum absolute atomic E-state index is 14.3. The molecule has 0 aliphatic carbocycles. The minimum Gasteiger partial charge on any atom is -0.481 e. The van der Waals surface area contributed by atoms with Crippen LogP contribution in [0.4, 0.5) is 13.2 Å². The Morgan fingerprint density at radius 3 is 2.33 bits per heavy atom. The number of rotatable bonds is 12. The molecular weight excluding hydrogens is 581 g/mol. The molecule has 1 amide bonds. The van der Waals surface area contributed by atoms with E-state index in [4.69, 9.17) is 16.7 Å². The van der Waals surface area contributed by atoms with Gasteiger partial charge in [0.05, 0.1) is 23.2 Å². The van der Waals surface area contributed by atoms with Crippen molar-refractivity contribution in [2.24, 2.45) is 11.8 Å². The molecule has 3 aromatic carbocycles. The summed E-state index contributed by atoms with van der Waals surface area (Å²) < 4.78 is 42.4. The van der Waals surface area contributed by atoms with E-state index in [-0.39, 0.29) is 30.1 Å². The zero-order valence-corrected chi connectivity index (χ0v) is 24.5. The van der Waals surface area contributed by atoms with Crippen LogP contribution in [0.5, 0.6) is 0 Å². The summed E-state index contributed by atoms with van der Waals surface area (Å²) in [6, 6.07) is 18.3. The first-order chi connectivity index (χ1) is 20.3. The Morgan fingerprint density at radius 1 is 0.953 bits per heavy atom. The lowest BCUT2D eigenvalue weighted by Crippen LogP contribution is -2.26. The van der Waals surface area contributed by atoms with Crippen molar-refractivity contribution in [3.63, 3.8) is 0 Å². The van der Waals surface area contributed by atoms with E-state index >= 15 is 0 Å². The van der Waals surface area contributed by atoms with Crippen molar-refractivity contribution in [1.82, 2.24) is 9.88 Å². The highest BCUT2D eigenvalue weighted by Gasteiger charge is 2.31. The largest absolute Gasteiger partial charge is 0.481 e. The Kier molecular flexibility index (Phi) is 9.96. The SMILES string of the molecule is CC(C)CCC(Cc1ccc(C(=O)NCCC(=O)O)cc1)C(=O)c1cc2cc(Cl)ccc2n1-c1cccc(C(F)(F)F)c1. The minimum atomic E-state index is -4.55. The Morgan fingerprint density at radius 2 is 1.67 bits per heavy atom. The third-order valence-electron chi connectivity index (χ3n) is 7.23. The van der Waals surface area contributed by atoms with Crippen molar-refractivity contribution in [3.05, 3.63) is 100 Å². The molecule has 1 aromatic heterocycles. The molecule has 4 rings (SSSR count). The molecule has 10 heteroatoms. The average Bonchev–Trinajstić information content (AvgIpc) is 3.33. The van der Waals surface area contributed by atoms with E-state index in [0.29, 0.717) is 40.2 Å². The maximum Gasteiger partial charge on any atom is 0.416 e. The molecule has 0 bridgehead atoms. The number of nitrogens with one attached hydrogen (secondary N) is 1. The van der Waals surface area contributed by atoms with Crippen molar-refractivity contribution in [2.75, 3.05) is 6.54 Å². The van der Waals surface area contributed by atoms with Gasteiger partial charge in [0.2, 0.25) is 0 Å². The van der Waals surface area contributed by atoms with Gasteiger partial charge in [0.1, 0.15) is 0 Å². The number of fused-ring (bicyclic) bond motifs is 1. The van der Waals surface area contributed by atoms with Crippen LogP contribution < -0.4 is 5.32 Å². The second-order valence-electron chi connectivity index (χ2n) is 10.9. The van der Waals surface area contributed by atoms with E-state index in [2.05, 4.69) is 19.2 Å². The van der Waals surface area contributed by atoms with Gasteiger partial charge < -0.3 is 15.0 Å². The number of amides is 1. The number of ketones is 1. The molecule has 226 valence electrons. The molecule has 0 aliphatic heterocycles. The number of Topliss-reactive ketones (excluding diaryl/α,β-unsaturated/α-hetero) is 1. The molecule has 0 saturated carbocycles. The lowest BCUT2D eigenvalue weighted by Gasteiger charge is -2.20. The first-order valence-corrected chi connectivity index (χ1v) is 14.3. The standard InChI is InChI=1S/C33H32ClF3N2O4/c1-20(2)6-9-23(16-21-7-10-22(11-8-21)32(43)38-15-14-30(40)41)31(42)29-18-24-17-26(34)12-13-28(24)39(29)27-5-3-4-25(19-27)33(35,36)37/h3-5,7-8,10-13,17-20,23H,6,9,14-16H2,1-2H3,(H,38,43)(H,40,41). The van der Waals surface area contributed by atoms with Crippen LogP contribution in [0.2, 0.25) is 5.02 Å². The highest BCUT2D eigenvalue weighted by atomic mass is 35.5. The topological polar surface area (TPSA) is 88.4 Å². The van der Waals surface area contributed by atoms with Crippen LogP contribution >= 0.6 is 11.6 Å². The van der Waals surface area contributed by atoms with Crippen molar-refractivity contribution in [3.8, 4) is 5.69 Å². The summed E-state index contributed by atoms with van der Waals surface area (Å²) in [4.78, 5) is 37.3. The normalized spacial score (nSPS) is 12.4. The second kappa shape index (κ2) is 13.5. The lowest BCUT2D eigenvalue weighted by molar-refractivity contribution is -0.138. The van der Waals surface area contributed by atoms with Crippen LogP contribution in [0.3, 0.4) is 0 Å². The number of carbonyl (C=O) groups is 3. The number of carboxylic acid groups (broad SMARTS) is 1. The van der Waals surface area contributed by atoms with Crippen molar-refractivity contribution in [2.45, 2.75) is 45.7 Å². The van der Waals surface area contributed by atoms with Gasteiger partial charge in [-0.1, -0.05) is 50.1 Å². The molecule has 1 unspecified atom stereocenters. The Hall–Kier alpha value is -4.11. The highest BCUT2D eigenvalue weighted by Crippen LogP contribution is 2.34. The Labute approximate surface area is 252 Å². The number of hydrogen-bond acceptors (Lipinski definition) is 3. The van der Waals surface area contributed by atoms with E-state index in [0.717, 1.165) is 24.1 Å². The van der Waals surface area contributed by atoms with Gasteiger partial charge in [-0.2, -0.15) is 13.2 Å². The second-order valence-corrected chi connectivity index (χ2v) is 11.4. The van der Waals surface area contributed by atoms with Crippen LogP contribution in [-0.2, 0) is 17.4 Å². The molecule has 1 heterocycles. The van der Waals surface area contributed by atoms with Crippen molar-refractivity contribution < 1.29 is 32.7 Å². The van der Waals surface area contributed by atoms with Gasteiger partial charge in [-0.25, -0.2) is 0 Å². The number of carboxylic acids is 1. The van der Waals surface area contributed by atoms with E-state index in [1.165, 1.54) is 6.07 Å². The number of hydrogen-bond donors (Lipinski definition) is 2. The van der Waals surface area contributed by atoms with Gasteiger partial charge in [-0.3, -0.25) is 14.4 Å². The van der Waals surface area contributed by atoms with E-state index in [1.54, 1.807) is 59.2 Å². The number of halogens is 4. The molecule has 43 heavy (non-hydrogen) atoms. The molecular formula is C33H32ClF3N2O4. The summed E-state index contributed by atoms with van der Waals surface area (Å²) in [5.41, 5.74) is 1.40. The van der Waals surface area contributed by atoms with Gasteiger partial charge in [0, 0.05) is 34.1 Å². The average molecular weight is 613 g/mol. The van der Waals surface area contributed by atoms with Gasteiger partial charge >= 0.3 is 12.1 Å². The Balaban J connectivity index is 1.69. The van der Waals surface area contributed by atoms with Gasteiger partial charge in [0.25, 0.3) is 5.91 Å². The quantitative estimate of drug-likeness (QED) is 0.159. The lowest BCUT2D eigenvalue weighted by atomic mass is 9.87. The number of alkyl halides is 3. The van der Waals surface area contributed by atoms with Crippen LogP contribution in [0, 0.1) is 11.8 Å². The summed E-state index contributed by atoms with van der Waals surface area (Å²) in [6.45, 7) is 4.12. The third kappa shape index (κ3) is 8.04. The summed E-state index contributed by atoms with van der Waals surface area (Å²) in [5.74, 6) is -1.78. The number of aromatic nitrogens is 1. The zero-order chi connectivity index (χ0) is 31.3. The van der Waals surface area contributed by atoms with Crippen LogP contribution in [0.25, 0.3) is 16.6 Å². The van der Waals surface area contributed by atoms with Crippen molar-refractivity contribution >= 4 is 40.2 Å². The molecule has 0 aliphatic rings. The van der Waals surface area contributed by atoms with E-state index in [9.17, 15) is 27.6 Å². The molecule has 0 spiro atoms. The van der Waals surface area contributed by atoms with Gasteiger partial charge in [-0.05, 0) is 78.9 Å². The fourth-order valence-corrected chi connectivity index (χ4v) is 5.18. The number of benzene rings is 3. The summed E-state index contributed by atoms with van der Waals surface area (Å²) in [6.07, 6.45) is -3.06. The smallest absolute Gasteiger partial charge is 0.416 e. The molecule has 0 saturated heterocycles. The fraction of sp³-hybridized carbons (Fsp3) is 0.303.